The fourth-order valence-electron chi connectivity index (χ4n) is 4.48. The molecule has 0 bridgehead atoms. The predicted octanol–water partition coefficient (Wildman–Crippen LogP) is 1.92. The smallest absolute Gasteiger partial charge is 0.243 e. The maximum atomic E-state index is 12.9. The molecule has 1 aliphatic heterocycles. The van der Waals surface area contributed by atoms with E-state index in [1.54, 1.807) is 10.4 Å². The first-order chi connectivity index (χ1) is 10.6. The Kier molecular flexibility index (Phi) is 3.55. The fourth-order valence-corrected chi connectivity index (χ4v) is 6.07. The van der Waals surface area contributed by atoms with Crippen molar-refractivity contribution >= 4 is 10.0 Å². The van der Waals surface area contributed by atoms with E-state index < -0.39 is 10.0 Å². The van der Waals surface area contributed by atoms with Gasteiger partial charge in [0.15, 0.2) is 0 Å². The summed E-state index contributed by atoms with van der Waals surface area (Å²) in [4.78, 5) is 0.474. The van der Waals surface area contributed by atoms with Crippen molar-refractivity contribution in [2.24, 2.45) is 17.6 Å². The topological polar surface area (TPSA) is 63.4 Å². The van der Waals surface area contributed by atoms with Crippen molar-refractivity contribution in [1.82, 2.24) is 4.31 Å². The van der Waals surface area contributed by atoms with Crippen LogP contribution in [-0.4, -0.2) is 31.9 Å². The minimum absolute atomic E-state index is 0.175. The Morgan fingerprint density at radius 1 is 1.05 bits per heavy atom. The van der Waals surface area contributed by atoms with Crippen molar-refractivity contribution in [3.05, 3.63) is 29.3 Å². The van der Waals surface area contributed by atoms with E-state index in [1.807, 2.05) is 12.1 Å². The van der Waals surface area contributed by atoms with E-state index in [2.05, 4.69) is 0 Å². The largest absolute Gasteiger partial charge is 0.327 e. The highest BCUT2D eigenvalue weighted by Gasteiger charge is 2.45. The maximum Gasteiger partial charge on any atom is 0.243 e. The second-order valence-corrected chi connectivity index (χ2v) is 9.06. The number of fused-ring (bicyclic) bond motifs is 2. The standard InChI is InChI=1S/C17H24N2O2S/c18-17-8-6-14-10-19(11-16(14)17)22(20,21)15-7-5-12-3-1-2-4-13(12)9-15/h5,7,9,14,16-17H,1-4,6,8,10-11,18H2. The Hall–Kier alpha value is -0.910. The summed E-state index contributed by atoms with van der Waals surface area (Å²) in [6.07, 6.45) is 6.59. The lowest BCUT2D eigenvalue weighted by Gasteiger charge is -2.21. The van der Waals surface area contributed by atoms with E-state index in [0.29, 0.717) is 29.8 Å². The molecule has 0 spiro atoms. The highest BCUT2D eigenvalue weighted by atomic mass is 32.2. The van der Waals surface area contributed by atoms with Crippen LogP contribution in [0.4, 0.5) is 0 Å². The van der Waals surface area contributed by atoms with Gasteiger partial charge in [-0.25, -0.2) is 8.42 Å². The average Bonchev–Trinajstić information content (AvgIpc) is 3.10. The summed E-state index contributed by atoms with van der Waals surface area (Å²) in [6, 6.07) is 5.91. The van der Waals surface area contributed by atoms with Crippen LogP contribution in [-0.2, 0) is 22.9 Å². The van der Waals surface area contributed by atoms with Crippen LogP contribution in [0.3, 0.4) is 0 Å². The van der Waals surface area contributed by atoms with Crippen molar-refractivity contribution in [3.63, 3.8) is 0 Å². The molecule has 22 heavy (non-hydrogen) atoms. The monoisotopic (exact) mass is 320 g/mol. The van der Waals surface area contributed by atoms with Crippen LogP contribution in [0.25, 0.3) is 0 Å². The van der Waals surface area contributed by atoms with Crippen LogP contribution in [0.1, 0.15) is 36.8 Å². The Balaban J connectivity index is 1.61. The third-order valence-corrected chi connectivity index (χ3v) is 7.66. The second kappa shape index (κ2) is 5.32. The Bertz CT molecular complexity index is 686. The van der Waals surface area contributed by atoms with Gasteiger partial charge in [-0.3, -0.25) is 0 Å². The first-order valence-corrected chi connectivity index (χ1v) is 9.87. The van der Waals surface area contributed by atoms with Gasteiger partial charge in [-0.2, -0.15) is 4.31 Å². The third kappa shape index (κ3) is 2.30. The molecular formula is C17H24N2O2S. The average molecular weight is 320 g/mol. The summed E-state index contributed by atoms with van der Waals surface area (Å²) in [5.41, 5.74) is 8.68. The molecule has 4 nitrogen and oxygen atoms in total. The zero-order valence-electron chi connectivity index (χ0n) is 12.9. The van der Waals surface area contributed by atoms with Crippen LogP contribution >= 0.6 is 0 Å². The minimum atomic E-state index is -3.36. The molecule has 0 amide bonds. The van der Waals surface area contributed by atoms with Gasteiger partial charge >= 0.3 is 0 Å². The van der Waals surface area contributed by atoms with Gasteiger partial charge in [0.2, 0.25) is 10.0 Å². The number of rotatable bonds is 2. The maximum absolute atomic E-state index is 12.9. The third-order valence-electron chi connectivity index (χ3n) is 5.84. The number of benzene rings is 1. The van der Waals surface area contributed by atoms with Gasteiger partial charge in [0, 0.05) is 19.1 Å². The van der Waals surface area contributed by atoms with Crippen LogP contribution in [0.2, 0.25) is 0 Å². The highest BCUT2D eigenvalue weighted by molar-refractivity contribution is 7.89. The van der Waals surface area contributed by atoms with E-state index >= 15 is 0 Å². The summed E-state index contributed by atoms with van der Waals surface area (Å²) in [7, 11) is -3.36. The van der Waals surface area contributed by atoms with E-state index in [9.17, 15) is 8.42 Å². The van der Waals surface area contributed by atoms with Gasteiger partial charge in [-0.15, -0.1) is 0 Å². The summed E-state index contributed by atoms with van der Waals surface area (Å²) >= 11 is 0. The quantitative estimate of drug-likeness (QED) is 0.905. The summed E-state index contributed by atoms with van der Waals surface area (Å²) in [5, 5.41) is 0. The number of nitrogens with two attached hydrogens (primary N) is 1. The molecule has 2 aliphatic carbocycles. The number of hydrogen-bond acceptors (Lipinski definition) is 3. The number of hydrogen-bond donors (Lipinski definition) is 1. The SMILES string of the molecule is NC1CCC2CN(S(=O)(=O)c3ccc4c(c3)CCCC4)CC12. The van der Waals surface area contributed by atoms with Crippen LogP contribution in [0.15, 0.2) is 23.1 Å². The predicted molar refractivity (Wildman–Crippen MR) is 86.0 cm³/mol. The second-order valence-electron chi connectivity index (χ2n) is 7.12. The van der Waals surface area contributed by atoms with Crippen molar-refractivity contribution in [2.75, 3.05) is 13.1 Å². The van der Waals surface area contributed by atoms with E-state index in [0.717, 1.165) is 25.7 Å². The van der Waals surface area contributed by atoms with E-state index in [4.69, 9.17) is 5.73 Å². The van der Waals surface area contributed by atoms with Gasteiger partial charge < -0.3 is 5.73 Å². The summed E-state index contributed by atoms with van der Waals surface area (Å²) in [5.74, 6) is 0.815. The molecule has 3 unspecified atom stereocenters. The number of aryl methyl sites for hydroxylation is 2. The van der Waals surface area contributed by atoms with Crippen molar-refractivity contribution in [1.29, 1.82) is 0 Å². The van der Waals surface area contributed by atoms with Crippen molar-refractivity contribution in [2.45, 2.75) is 49.5 Å². The summed E-state index contributed by atoms with van der Waals surface area (Å²) < 4.78 is 27.6. The first kappa shape index (κ1) is 14.7. The zero-order chi connectivity index (χ0) is 15.3. The lowest BCUT2D eigenvalue weighted by molar-refractivity contribution is 0.427. The molecule has 3 aliphatic rings. The normalized spacial score (nSPS) is 32.0. The molecule has 1 aromatic rings. The fraction of sp³-hybridized carbons (Fsp3) is 0.647. The Morgan fingerprint density at radius 2 is 1.82 bits per heavy atom. The van der Waals surface area contributed by atoms with E-state index in [1.165, 1.54) is 24.0 Å². The number of nitrogens with zero attached hydrogens (tertiary/aromatic N) is 1. The van der Waals surface area contributed by atoms with Crippen LogP contribution in [0.5, 0.6) is 0 Å². The lowest BCUT2D eigenvalue weighted by Crippen LogP contribution is -2.33. The molecule has 3 atom stereocenters. The van der Waals surface area contributed by atoms with E-state index in [-0.39, 0.29) is 6.04 Å². The Labute approximate surface area is 132 Å². The molecule has 1 saturated carbocycles. The van der Waals surface area contributed by atoms with Gasteiger partial charge in [0.05, 0.1) is 4.90 Å². The van der Waals surface area contributed by atoms with Gasteiger partial charge in [0.1, 0.15) is 0 Å². The molecule has 1 aromatic carbocycles. The Morgan fingerprint density at radius 3 is 2.59 bits per heavy atom. The first-order valence-electron chi connectivity index (χ1n) is 8.43. The number of sulfonamides is 1. The van der Waals surface area contributed by atoms with Gasteiger partial charge in [-0.1, -0.05) is 6.07 Å². The lowest BCUT2D eigenvalue weighted by atomic mass is 9.92. The van der Waals surface area contributed by atoms with Gasteiger partial charge in [0.25, 0.3) is 0 Å². The minimum Gasteiger partial charge on any atom is -0.327 e. The van der Waals surface area contributed by atoms with Crippen LogP contribution in [0, 0.1) is 11.8 Å². The molecule has 2 N–H and O–H groups in total. The molecule has 1 saturated heterocycles. The molecule has 0 radical (unpaired) electrons. The molecule has 2 fully saturated rings. The van der Waals surface area contributed by atoms with Crippen LogP contribution < -0.4 is 5.73 Å². The molecule has 0 aromatic heterocycles. The van der Waals surface area contributed by atoms with Gasteiger partial charge in [-0.05, 0) is 73.6 Å². The van der Waals surface area contributed by atoms with Crippen molar-refractivity contribution in [3.8, 4) is 0 Å². The van der Waals surface area contributed by atoms with Crippen molar-refractivity contribution < 1.29 is 8.42 Å². The molecule has 4 rings (SSSR count). The highest BCUT2D eigenvalue weighted by Crippen LogP contribution is 2.39. The molecule has 120 valence electrons. The molecule has 5 heteroatoms. The molecular weight excluding hydrogens is 296 g/mol. The zero-order valence-corrected chi connectivity index (χ0v) is 13.7. The summed E-state index contributed by atoms with van der Waals surface area (Å²) in [6.45, 7) is 1.25. The molecule has 1 heterocycles.